The lowest BCUT2D eigenvalue weighted by molar-refractivity contribution is 0.182. The minimum absolute atomic E-state index is 0.111. The normalized spacial score (nSPS) is 12.4. The number of furan rings is 1. The van der Waals surface area contributed by atoms with E-state index in [1.165, 1.54) is 12.5 Å². The third-order valence-electron chi connectivity index (χ3n) is 1.21. The molecule has 3 heteroatoms. The number of rotatable bonds is 2. The first-order valence-corrected chi connectivity index (χ1v) is 2.91. The standard InChI is InChI=1S/C7H7NO2/c8-3-1-7(9)6-2-4-10-5-6/h2,4-5,7,9H,1H2. The summed E-state index contributed by atoms with van der Waals surface area (Å²) < 4.78 is 4.71. The molecule has 1 heterocycles. The maximum Gasteiger partial charge on any atom is 0.0960 e. The van der Waals surface area contributed by atoms with Crippen LogP contribution < -0.4 is 0 Å². The van der Waals surface area contributed by atoms with E-state index in [-0.39, 0.29) is 6.42 Å². The van der Waals surface area contributed by atoms with Gasteiger partial charge in [0.2, 0.25) is 0 Å². The first kappa shape index (κ1) is 6.84. The first-order chi connectivity index (χ1) is 4.84. The Hall–Kier alpha value is -1.27. The number of nitrogens with zero attached hydrogens (tertiary/aromatic N) is 1. The van der Waals surface area contributed by atoms with Crippen molar-refractivity contribution in [2.24, 2.45) is 0 Å². The molecule has 1 atom stereocenters. The van der Waals surface area contributed by atoms with Crippen molar-refractivity contribution in [3.05, 3.63) is 24.2 Å². The monoisotopic (exact) mass is 137 g/mol. The van der Waals surface area contributed by atoms with E-state index >= 15 is 0 Å². The van der Waals surface area contributed by atoms with Gasteiger partial charge in [0.15, 0.2) is 0 Å². The summed E-state index contributed by atoms with van der Waals surface area (Å²) >= 11 is 0. The summed E-state index contributed by atoms with van der Waals surface area (Å²) in [6.45, 7) is 0. The van der Waals surface area contributed by atoms with Crippen LogP contribution in [0.25, 0.3) is 0 Å². The van der Waals surface area contributed by atoms with Crippen LogP contribution in [-0.2, 0) is 0 Å². The Balaban J connectivity index is 2.61. The number of nitriles is 1. The van der Waals surface area contributed by atoms with E-state index in [4.69, 9.17) is 14.8 Å². The fourth-order valence-corrected chi connectivity index (χ4v) is 0.669. The van der Waals surface area contributed by atoms with Crippen molar-refractivity contribution in [2.45, 2.75) is 12.5 Å². The summed E-state index contributed by atoms with van der Waals surface area (Å²) in [5.41, 5.74) is 0.654. The third kappa shape index (κ3) is 1.36. The van der Waals surface area contributed by atoms with E-state index in [1.807, 2.05) is 6.07 Å². The molecule has 0 saturated heterocycles. The van der Waals surface area contributed by atoms with Gasteiger partial charge in [0.25, 0.3) is 0 Å². The van der Waals surface area contributed by atoms with Crippen molar-refractivity contribution in [3.63, 3.8) is 0 Å². The molecule has 10 heavy (non-hydrogen) atoms. The molecule has 0 aliphatic heterocycles. The van der Waals surface area contributed by atoms with Gasteiger partial charge in [0.1, 0.15) is 0 Å². The molecule has 0 aromatic carbocycles. The summed E-state index contributed by atoms with van der Waals surface area (Å²) in [6.07, 6.45) is 2.31. The average molecular weight is 137 g/mol. The van der Waals surface area contributed by atoms with Crippen molar-refractivity contribution >= 4 is 0 Å². The summed E-state index contributed by atoms with van der Waals surface area (Å²) in [5, 5.41) is 17.3. The largest absolute Gasteiger partial charge is 0.472 e. The molecule has 1 rings (SSSR count). The Morgan fingerprint density at radius 1 is 1.80 bits per heavy atom. The van der Waals surface area contributed by atoms with E-state index in [2.05, 4.69) is 0 Å². The van der Waals surface area contributed by atoms with Crippen molar-refractivity contribution in [1.82, 2.24) is 0 Å². The van der Waals surface area contributed by atoms with Gasteiger partial charge in [0.05, 0.1) is 31.1 Å². The van der Waals surface area contributed by atoms with Crippen LogP contribution in [0.5, 0.6) is 0 Å². The zero-order valence-electron chi connectivity index (χ0n) is 5.32. The van der Waals surface area contributed by atoms with Crippen LogP contribution in [0, 0.1) is 11.3 Å². The molecule has 1 aromatic rings. The van der Waals surface area contributed by atoms with Gasteiger partial charge in [-0.05, 0) is 6.07 Å². The van der Waals surface area contributed by atoms with Gasteiger partial charge in [-0.25, -0.2) is 0 Å². The molecule has 0 aliphatic carbocycles. The van der Waals surface area contributed by atoms with E-state index in [1.54, 1.807) is 6.07 Å². The summed E-state index contributed by atoms with van der Waals surface area (Å²) in [7, 11) is 0. The number of aliphatic hydroxyl groups excluding tert-OH is 1. The highest BCUT2D eigenvalue weighted by molar-refractivity contribution is 5.10. The van der Waals surface area contributed by atoms with Crippen LogP contribution in [0.2, 0.25) is 0 Å². The minimum atomic E-state index is -0.705. The molecule has 0 saturated carbocycles. The lowest BCUT2D eigenvalue weighted by atomic mass is 10.1. The molecule has 1 aromatic heterocycles. The molecule has 0 bridgehead atoms. The highest BCUT2D eigenvalue weighted by Crippen LogP contribution is 2.15. The van der Waals surface area contributed by atoms with Crippen LogP contribution in [0.15, 0.2) is 23.0 Å². The van der Waals surface area contributed by atoms with Gasteiger partial charge in [-0.3, -0.25) is 0 Å². The Kier molecular flexibility index (Phi) is 2.08. The molecule has 0 amide bonds. The topological polar surface area (TPSA) is 57.2 Å². The third-order valence-corrected chi connectivity index (χ3v) is 1.21. The molecule has 0 fully saturated rings. The predicted octanol–water partition coefficient (Wildman–Crippen LogP) is 1.23. The molecule has 3 nitrogen and oxygen atoms in total. The van der Waals surface area contributed by atoms with Crippen molar-refractivity contribution in [2.75, 3.05) is 0 Å². The SMILES string of the molecule is N#CCC(O)c1ccoc1. The van der Waals surface area contributed by atoms with Gasteiger partial charge in [-0.2, -0.15) is 5.26 Å². The lowest BCUT2D eigenvalue weighted by Crippen LogP contribution is -1.92. The molecule has 0 aliphatic rings. The highest BCUT2D eigenvalue weighted by Gasteiger charge is 2.06. The van der Waals surface area contributed by atoms with Gasteiger partial charge >= 0.3 is 0 Å². The zero-order chi connectivity index (χ0) is 7.40. The van der Waals surface area contributed by atoms with Crippen LogP contribution in [0.1, 0.15) is 18.1 Å². The second-order valence-corrected chi connectivity index (χ2v) is 1.93. The highest BCUT2D eigenvalue weighted by atomic mass is 16.3. The van der Waals surface area contributed by atoms with Gasteiger partial charge < -0.3 is 9.52 Å². The first-order valence-electron chi connectivity index (χ1n) is 2.91. The Bertz CT molecular complexity index is 222. The van der Waals surface area contributed by atoms with Crippen molar-refractivity contribution in [1.29, 1.82) is 5.26 Å². The smallest absolute Gasteiger partial charge is 0.0960 e. The maximum atomic E-state index is 9.13. The Morgan fingerprint density at radius 3 is 3.10 bits per heavy atom. The van der Waals surface area contributed by atoms with E-state index in [0.29, 0.717) is 5.56 Å². The molecule has 52 valence electrons. The Labute approximate surface area is 58.5 Å². The fraction of sp³-hybridized carbons (Fsp3) is 0.286. The molecular weight excluding hydrogens is 130 g/mol. The number of aliphatic hydroxyl groups is 1. The van der Waals surface area contributed by atoms with Crippen molar-refractivity contribution in [3.8, 4) is 6.07 Å². The van der Waals surface area contributed by atoms with Gasteiger partial charge in [-0.15, -0.1) is 0 Å². The van der Waals surface area contributed by atoms with Crippen molar-refractivity contribution < 1.29 is 9.52 Å². The van der Waals surface area contributed by atoms with Crippen LogP contribution in [0.3, 0.4) is 0 Å². The quantitative estimate of drug-likeness (QED) is 0.666. The maximum absolute atomic E-state index is 9.13. The second kappa shape index (κ2) is 3.04. The molecular formula is C7H7NO2. The Morgan fingerprint density at radius 2 is 2.60 bits per heavy atom. The average Bonchev–Trinajstić information content (AvgIpc) is 2.38. The van der Waals surface area contributed by atoms with Crippen LogP contribution in [0.4, 0.5) is 0 Å². The zero-order valence-corrected chi connectivity index (χ0v) is 5.32. The fourth-order valence-electron chi connectivity index (χ4n) is 0.669. The molecule has 0 spiro atoms. The molecule has 1 N–H and O–H groups in total. The van der Waals surface area contributed by atoms with E-state index in [9.17, 15) is 0 Å². The minimum Gasteiger partial charge on any atom is -0.472 e. The predicted molar refractivity (Wildman–Crippen MR) is 33.9 cm³/mol. The van der Waals surface area contributed by atoms with Crippen LogP contribution >= 0.6 is 0 Å². The van der Waals surface area contributed by atoms with Crippen LogP contribution in [-0.4, -0.2) is 5.11 Å². The van der Waals surface area contributed by atoms with Gasteiger partial charge in [-0.1, -0.05) is 0 Å². The lowest BCUT2D eigenvalue weighted by Gasteiger charge is -1.99. The second-order valence-electron chi connectivity index (χ2n) is 1.93. The molecule has 0 radical (unpaired) electrons. The summed E-state index contributed by atoms with van der Waals surface area (Å²) in [4.78, 5) is 0. The number of hydrogen-bond acceptors (Lipinski definition) is 3. The summed E-state index contributed by atoms with van der Waals surface area (Å²) in [6, 6.07) is 3.50. The van der Waals surface area contributed by atoms with E-state index < -0.39 is 6.10 Å². The number of hydrogen-bond donors (Lipinski definition) is 1. The molecule has 1 unspecified atom stereocenters. The summed E-state index contributed by atoms with van der Waals surface area (Å²) in [5.74, 6) is 0. The van der Waals surface area contributed by atoms with E-state index in [0.717, 1.165) is 0 Å². The van der Waals surface area contributed by atoms with Gasteiger partial charge in [0, 0.05) is 5.56 Å².